The van der Waals surface area contributed by atoms with Crippen molar-refractivity contribution in [2.45, 2.75) is 18.4 Å². The summed E-state index contributed by atoms with van der Waals surface area (Å²) in [7, 11) is -3.83. The highest BCUT2D eigenvalue weighted by molar-refractivity contribution is 9.10. The van der Waals surface area contributed by atoms with Crippen LogP contribution >= 0.6 is 15.9 Å². The van der Waals surface area contributed by atoms with Gasteiger partial charge in [-0.05, 0) is 58.2 Å². The van der Waals surface area contributed by atoms with Gasteiger partial charge in [0.05, 0.1) is 17.2 Å². The molecule has 0 radical (unpaired) electrons. The Hall–Kier alpha value is -1.44. The SMILES string of the molecule is Cc1c(CO)cccc1S(=O)(=O)Nc1ccc(F)cc1Br. The molecule has 0 aromatic heterocycles. The number of aliphatic hydroxyl groups excluding tert-OH is 1. The number of sulfonamides is 1. The third-order valence-corrected chi connectivity index (χ3v) is 5.20. The van der Waals surface area contributed by atoms with E-state index >= 15 is 0 Å². The molecule has 7 heteroatoms. The average Bonchev–Trinajstić information content (AvgIpc) is 2.42. The predicted octanol–water partition coefficient (Wildman–Crippen LogP) is 3.19. The molecule has 2 rings (SSSR count). The lowest BCUT2D eigenvalue weighted by Gasteiger charge is -2.13. The second kappa shape index (κ2) is 6.13. The summed E-state index contributed by atoms with van der Waals surface area (Å²) in [6, 6.07) is 8.35. The van der Waals surface area contributed by atoms with Crippen LogP contribution in [0.5, 0.6) is 0 Å². The zero-order chi connectivity index (χ0) is 15.6. The molecule has 0 fully saturated rings. The van der Waals surface area contributed by atoms with Crippen molar-refractivity contribution < 1.29 is 17.9 Å². The maximum Gasteiger partial charge on any atom is 0.262 e. The smallest absolute Gasteiger partial charge is 0.262 e. The van der Waals surface area contributed by atoms with Crippen LogP contribution in [0.1, 0.15) is 11.1 Å². The van der Waals surface area contributed by atoms with E-state index in [1.54, 1.807) is 19.1 Å². The molecule has 0 aliphatic heterocycles. The molecule has 4 nitrogen and oxygen atoms in total. The van der Waals surface area contributed by atoms with Gasteiger partial charge in [-0.3, -0.25) is 4.72 Å². The Morgan fingerprint density at radius 3 is 2.62 bits per heavy atom. The first-order valence-corrected chi connectivity index (χ1v) is 8.30. The third-order valence-electron chi connectivity index (χ3n) is 3.03. The molecule has 0 atom stereocenters. The van der Waals surface area contributed by atoms with Crippen LogP contribution in [0.4, 0.5) is 10.1 Å². The number of anilines is 1. The van der Waals surface area contributed by atoms with Crippen LogP contribution in [0.3, 0.4) is 0 Å². The van der Waals surface area contributed by atoms with Gasteiger partial charge < -0.3 is 5.11 Å². The number of halogens is 2. The molecule has 2 N–H and O–H groups in total. The van der Waals surface area contributed by atoms with E-state index in [1.165, 1.54) is 24.3 Å². The number of rotatable bonds is 4. The number of hydrogen-bond donors (Lipinski definition) is 2. The van der Waals surface area contributed by atoms with Crippen LogP contribution in [-0.2, 0) is 16.6 Å². The maximum atomic E-state index is 13.0. The van der Waals surface area contributed by atoms with Gasteiger partial charge in [-0.1, -0.05) is 12.1 Å². The van der Waals surface area contributed by atoms with Crippen LogP contribution in [-0.4, -0.2) is 13.5 Å². The molecule has 21 heavy (non-hydrogen) atoms. The van der Waals surface area contributed by atoms with E-state index < -0.39 is 15.8 Å². The molecule has 0 heterocycles. The minimum atomic E-state index is -3.83. The molecule has 112 valence electrons. The first kappa shape index (κ1) is 15.9. The lowest BCUT2D eigenvalue weighted by Crippen LogP contribution is -2.15. The summed E-state index contributed by atoms with van der Waals surface area (Å²) in [5, 5.41) is 9.21. The van der Waals surface area contributed by atoms with Gasteiger partial charge in [0.15, 0.2) is 0 Å². The fourth-order valence-corrected chi connectivity index (χ4v) is 3.84. The predicted molar refractivity (Wildman–Crippen MR) is 82.0 cm³/mol. The fourth-order valence-electron chi connectivity index (χ4n) is 1.89. The van der Waals surface area contributed by atoms with E-state index in [2.05, 4.69) is 20.7 Å². The Bertz CT molecular complexity index is 778. The van der Waals surface area contributed by atoms with Gasteiger partial charge in [0.25, 0.3) is 10.0 Å². The zero-order valence-electron chi connectivity index (χ0n) is 11.1. The summed E-state index contributed by atoms with van der Waals surface area (Å²) in [5.74, 6) is -0.469. The van der Waals surface area contributed by atoms with Crippen LogP contribution in [0.2, 0.25) is 0 Å². The van der Waals surface area contributed by atoms with Crippen LogP contribution < -0.4 is 4.72 Å². The highest BCUT2D eigenvalue weighted by atomic mass is 79.9. The van der Waals surface area contributed by atoms with Crippen molar-refractivity contribution >= 4 is 31.6 Å². The van der Waals surface area contributed by atoms with E-state index in [9.17, 15) is 17.9 Å². The summed E-state index contributed by atoms with van der Waals surface area (Å²) >= 11 is 3.11. The van der Waals surface area contributed by atoms with Crippen LogP contribution in [0.15, 0.2) is 45.8 Å². The normalized spacial score (nSPS) is 11.4. The largest absolute Gasteiger partial charge is 0.392 e. The molecule has 2 aromatic rings. The van der Waals surface area contributed by atoms with Gasteiger partial charge in [0, 0.05) is 4.47 Å². The molecule has 0 saturated heterocycles. The average molecular weight is 374 g/mol. The minimum absolute atomic E-state index is 0.0743. The Labute approximate surface area is 130 Å². The summed E-state index contributed by atoms with van der Waals surface area (Å²) < 4.78 is 40.6. The highest BCUT2D eigenvalue weighted by Gasteiger charge is 2.19. The van der Waals surface area contributed by atoms with Gasteiger partial charge in [0.1, 0.15) is 5.82 Å². The summed E-state index contributed by atoms with van der Waals surface area (Å²) in [4.78, 5) is 0.0743. The number of aliphatic hydroxyl groups is 1. The van der Waals surface area contributed by atoms with E-state index in [1.807, 2.05) is 0 Å². The number of nitrogens with one attached hydrogen (secondary N) is 1. The number of benzene rings is 2. The quantitative estimate of drug-likeness (QED) is 0.864. The Balaban J connectivity index is 2.43. The van der Waals surface area contributed by atoms with E-state index in [0.717, 1.165) is 0 Å². The first-order valence-electron chi connectivity index (χ1n) is 6.02. The van der Waals surface area contributed by atoms with Crippen molar-refractivity contribution in [1.82, 2.24) is 0 Å². The number of hydrogen-bond acceptors (Lipinski definition) is 3. The Kier molecular flexibility index (Phi) is 4.65. The van der Waals surface area contributed by atoms with Gasteiger partial charge in [0.2, 0.25) is 0 Å². The van der Waals surface area contributed by atoms with E-state index in [4.69, 9.17) is 0 Å². The monoisotopic (exact) mass is 373 g/mol. The molecular weight excluding hydrogens is 361 g/mol. The van der Waals surface area contributed by atoms with Gasteiger partial charge in [-0.15, -0.1) is 0 Å². The highest BCUT2D eigenvalue weighted by Crippen LogP contribution is 2.27. The lowest BCUT2D eigenvalue weighted by molar-refractivity contribution is 0.280. The van der Waals surface area contributed by atoms with Crippen LogP contribution in [0.25, 0.3) is 0 Å². The molecule has 0 aliphatic carbocycles. The van der Waals surface area contributed by atoms with Gasteiger partial charge in [-0.2, -0.15) is 0 Å². The van der Waals surface area contributed by atoms with Gasteiger partial charge in [-0.25, -0.2) is 12.8 Å². The third kappa shape index (κ3) is 3.42. The second-order valence-corrected chi connectivity index (χ2v) is 6.93. The van der Waals surface area contributed by atoms with Gasteiger partial charge >= 0.3 is 0 Å². The lowest BCUT2D eigenvalue weighted by atomic mass is 10.1. The molecule has 2 aromatic carbocycles. The van der Waals surface area contributed by atoms with Crippen molar-refractivity contribution in [3.05, 3.63) is 57.8 Å². The standard InChI is InChI=1S/C14H13BrFNO3S/c1-9-10(8-18)3-2-4-14(9)21(19,20)17-13-6-5-11(16)7-12(13)15/h2-7,17-18H,8H2,1H3. The van der Waals surface area contributed by atoms with Crippen molar-refractivity contribution in [2.75, 3.05) is 4.72 Å². The van der Waals surface area contributed by atoms with E-state index in [-0.39, 0.29) is 17.2 Å². The zero-order valence-corrected chi connectivity index (χ0v) is 13.5. The molecule has 0 spiro atoms. The van der Waals surface area contributed by atoms with Crippen molar-refractivity contribution in [3.63, 3.8) is 0 Å². The second-order valence-electron chi connectivity index (χ2n) is 4.43. The van der Waals surface area contributed by atoms with Crippen molar-refractivity contribution in [3.8, 4) is 0 Å². The van der Waals surface area contributed by atoms with Crippen LogP contribution in [0, 0.1) is 12.7 Å². The summed E-state index contributed by atoms with van der Waals surface area (Å²) in [5.41, 5.74) is 1.26. The molecule has 0 aliphatic rings. The van der Waals surface area contributed by atoms with E-state index in [0.29, 0.717) is 15.6 Å². The first-order chi connectivity index (χ1) is 9.85. The molecule has 0 saturated carbocycles. The summed E-state index contributed by atoms with van der Waals surface area (Å²) in [6.45, 7) is 1.38. The minimum Gasteiger partial charge on any atom is -0.392 e. The molecular formula is C14H13BrFNO3S. The maximum absolute atomic E-state index is 13.0. The Morgan fingerprint density at radius 2 is 2.00 bits per heavy atom. The van der Waals surface area contributed by atoms with Crippen molar-refractivity contribution in [1.29, 1.82) is 0 Å². The molecule has 0 unspecified atom stereocenters. The topological polar surface area (TPSA) is 66.4 Å². The van der Waals surface area contributed by atoms with Crippen molar-refractivity contribution in [2.24, 2.45) is 0 Å². The summed E-state index contributed by atoms with van der Waals surface area (Å²) in [6.07, 6.45) is 0. The fraction of sp³-hybridized carbons (Fsp3) is 0.143. The Morgan fingerprint density at radius 1 is 1.29 bits per heavy atom. The molecule has 0 bridgehead atoms. The molecule has 0 amide bonds.